The first-order valence-corrected chi connectivity index (χ1v) is 6.46. The molecule has 1 aliphatic heterocycles. The van der Waals surface area contributed by atoms with Crippen LogP contribution in [0.2, 0.25) is 10.0 Å². The largest absolute Gasteiger partial charge is 0.478 e. The Hall–Kier alpha value is -1.79. The lowest BCUT2D eigenvalue weighted by atomic mass is 10.1. The average molecular weight is 317 g/mol. The van der Waals surface area contributed by atoms with Gasteiger partial charge >= 0.3 is 5.97 Å². The number of rotatable bonds is 3. The number of nitrogens with one attached hydrogen (secondary N) is 2. The fraction of sp³-hybridized carbons (Fsp3) is 0.250. The van der Waals surface area contributed by atoms with E-state index in [2.05, 4.69) is 10.6 Å². The van der Waals surface area contributed by atoms with E-state index in [1.807, 2.05) is 0 Å². The van der Waals surface area contributed by atoms with Gasteiger partial charge in [0.05, 0.1) is 16.3 Å². The zero-order chi connectivity index (χ0) is 14.9. The van der Waals surface area contributed by atoms with Crippen molar-refractivity contribution in [2.75, 3.05) is 5.32 Å². The second-order valence-electron chi connectivity index (χ2n) is 4.26. The Morgan fingerprint density at radius 1 is 1.35 bits per heavy atom. The van der Waals surface area contributed by atoms with Crippen LogP contribution >= 0.6 is 23.2 Å². The maximum Gasteiger partial charge on any atom is 0.337 e. The van der Waals surface area contributed by atoms with Crippen molar-refractivity contribution in [1.29, 1.82) is 0 Å². The van der Waals surface area contributed by atoms with Crippen molar-refractivity contribution in [3.8, 4) is 0 Å². The third-order valence-electron chi connectivity index (χ3n) is 2.85. The van der Waals surface area contributed by atoms with Crippen LogP contribution in [0.5, 0.6) is 0 Å². The van der Waals surface area contributed by atoms with E-state index < -0.39 is 17.9 Å². The first kappa shape index (κ1) is 14.6. The summed E-state index contributed by atoms with van der Waals surface area (Å²) in [5.74, 6) is -1.99. The monoisotopic (exact) mass is 316 g/mol. The lowest BCUT2D eigenvalue weighted by molar-refractivity contribution is -0.122. The molecule has 0 aromatic heterocycles. The molecule has 0 radical (unpaired) electrons. The summed E-state index contributed by atoms with van der Waals surface area (Å²) in [6, 6.07) is 1.84. The summed E-state index contributed by atoms with van der Waals surface area (Å²) < 4.78 is 0. The fourth-order valence-electron chi connectivity index (χ4n) is 1.89. The second-order valence-corrected chi connectivity index (χ2v) is 5.11. The summed E-state index contributed by atoms with van der Waals surface area (Å²) in [5.41, 5.74) is -0.241. The molecule has 0 unspecified atom stereocenters. The first-order chi connectivity index (χ1) is 9.38. The molecular weight excluding hydrogens is 307 g/mol. The minimum Gasteiger partial charge on any atom is -0.478 e. The van der Waals surface area contributed by atoms with E-state index in [-0.39, 0.29) is 33.6 Å². The van der Waals surface area contributed by atoms with Gasteiger partial charge in [-0.15, -0.1) is 0 Å². The number of carbonyl (C=O) groups is 3. The normalized spacial score (nSPS) is 17.7. The van der Waals surface area contributed by atoms with Gasteiger partial charge in [0, 0.05) is 11.4 Å². The van der Waals surface area contributed by atoms with E-state index in [0.717, 1.165) is 0 Å². The quantitative estimate of drug-likeness (QED) is 0.793. The third-order valence-corrected chi connectivity index (χ3v) is 3.36. The van der Waals surface area contributed by atoms with Gasteiger partial charge in [0.25, 0.3) is 0 Å². The van der Waals surface area contributed by atoms with Crippen LogP contribution in [0.3, 0.4) is 0 Å². The number of carboxylic acids is 1. The summed E-state index contributed by atoms with van der Waals surface area (Å²) in [6.07, 6.45) is 0.622. The molecule has 1 aromatic rings. The molecule has 1 atom stereocenters. The molecule has 0 spiro atoms. The fourth-order valence-corrected chi connectivity index (χ4v) is 2.43. The molecule has 2 amide bonds. The number of carboxylic acid groups (broad SMARTS) is 1. The van der Waals surface area contributed by atoms with E-state index >= 15 is 0 Å². The van der Waals surface area contributed by atoms with Crippen molar-refractivity contribution >= 4 is 46.7 Å². The highest BCUT2D eigenvalue weighted by Gasteiger charge is 2.28. The van der Waals surface area contributed by atoms with Crippen LogP contribution in [0.25, 0.3) is 0 Å². The minimum absolute atomic E-state index is 0.0209. The van der Waals surface area contributed by atoms with Crippen molar-refractivity contribution in [2.45, 2.75) is 18.9 Å². The molecule has 0 saturated carbocycles. The molecule has 6 nitrogen and oxygen atoms in total. The summed E-state index contributed by atoms with van der Waals surface area (Å²) in [6.45, 7) is 0. The number of halogens is 2. The Kier molecular flexibility index (Phi) is 4.15. The summed E-state index contributed by atoms with van der Waals surface area (Å²) in [5, 5.41) is 14.2. The van der Waals surface area contributed by atoms with Gasteiger partial charge in [-0.05, 0) is 18.6 Å². The minimum atomic E-state index is -1.26. The maximum atomic E-state index is 12.0. The van der Waals surface area contributed by atoms with E-state index in [4.69, 9.17) is 28.3 Å². The highest BCUT2D eigenvalue weighted by molar-refractivity contribution is 6.37. The van der Waals surface area contributed by atoms with Crippen LogP contribution in [0.1, 0.15) is 23.2 Å². The Bertz CT molecular complexity index is 603. The zero-order valence-corrected chi connectivity index (χ0v) is 11.6. The molecule has 1 heterocycles. The van der Waals surface area contributed by atoms with Gasteiger partial charge in [-0.2, -0.15) is 0 Å². The third kappa shape index (κ3) is 3.02. The number of anilines is 1. The molecule has 2 rings (SSSR count). The molecule has 8 heteroatoms. The van der Waals surface area contributed by atoms with Gasteiger partial charge in [0.2, 0.25) is 11.8 Å². The average Bonchev–Trinajstić information content (AvgIpc) is 2.78. The van der Waals surface area contributed by atoms with Gasteiger partial charge in [0.15, 0.2) is 0 Å². The number of hydrogen-bond donors (Lipinski definition) is 3. The number of aromatic carboxylic acids is 1. The molecule has 106 valence electrons. The molecule has 0 bridgehead atoms. The van der Waals surface area contributed by atoms with E-state index in [9.17, 15) is 14.4 Å². The number of carbonyl (C=O) groups excluding carboxylic acids is 2. The van der Waals surface area contributed by atoms with Crippen molar-refractivity contribution in [3.05, 3.63) is 27.7 Å². The predicted octanol–water partition coefficient (Wildman–Crippen LogP) is 1.91. The maximum absolute atomic E-state index is 12.0. The van der Waals surface area contributed by atoms with Crippen LogP contribution in [0.4, 0.5) is 5.69 Å². The molecule has 0 aliphatic carbocycles. The Balaban J connectivity index is 2.26. The van der Waals surface area contributed by atoms with Gasteiger partial charge in [-0.3, -0.25) is 9.59 Å². The Morgan fingerprint density at radius 3 is 2.60 bits per heavy atom. The van der Waals surface area contributed by atoms with Crippen LogP contribution in [-0.4, -0.2) is 28.9 Å². The van der Waals surface area contributed by atoms with Crippen molar-refractivity contribution in [3.63, 3.8) is 0 Å². The van der Waals surface area contributed by atoms with E-state index in [1.54, 1.807) is 0 Å². The van der Waals surface area contributed by atoms with Crippen molar-refractivity contribution < 1.29 is 19.5 Å². The van der Waals surface area contributed by atoms with Gasteiger partial charge in [-0.25, -0.2) is 4.79 Å². The van der Waals surface area contributed by atoms with Gasteiger partial charge < -0.3 is 15.7 Å². The highest BCUT2D eigenvalue weighted by Crippen LogP contribution is 2.30. The van der Waals surface area contributed by atoms with E-state index in [0.29, 0.717) is 6.42 Å². The van der Waals surface area contributed by atoms with Crippen LogP contribution in [0, 0.1) is 0 Å². The van der Waals surface area contributed by atoms with E-state index in [1.165, 1.54) is 12.1 Å². The van der Waals surface area contributed by atoms with Gasteiger partial charge in [0.1, 0.15) is 6.04 Å². The Morgan fingerprint density at radius 2 is 2.05 bits per heavy atom. The number of amides is 2. The standard InChI is InChI=1S/C12H10Cl2N2O4/c13-5-3-6(12(19)20)10(7(14)4-5)16-11(18)8-1-2-9(17)15-8/h3-4,8H,1-2H2,(H,15,17)(H,16,18)(H,19,20)/t8-/m0/s1. The summed E-state index contributed by atoms with van der Waals surface area (Å²) in [4.78, 5) is 34.2. The lowest BCUT2D eigenvalue weighted by Gasteiger charge is -2.14. The molecule has 20 heavy (non-hydrogen) atoms. The summed E-state index contributed by atoms with van der Waals surface area (Å²) in [7, 11) is 0. The second kappa shape index (κ2) is 5.68. The first-order valence-electron chi connectivity index (χ1n) is 5.71. The van der Waals surface area contributed by atoms with Crippen LogP contribution in [-0.2, 0) is 9.59 Å². The van der Waals surface area contributed by atoms with Crippen molar-refractivity contribution in [1.82, 2.24) is 5.32 Å². The number of benzene rings is 1. The molecule has 1 saturated heterocycles. The van der Waals surface area contributed by atoms with Gasteiger partial charge in [-0.1, -0.05) is 23.2 Å². The smallest absolute Gasteiger partial charge is 0.337 e. The highest BCUT2D eigenvalue weighted by atomic mass is 35.5. The SMILES string of the molecule is O=C1CC[C@@H](C(=O)Nc2c(Cl)cc(Cl)cc2C(=O)O)N1. The Labute approximate surface area is 124 Å². The molecule has 1 aromatic carbocycles. The van der Waals surface area contributed by atoms with Crippen molar-refractivity contribution in [2.24, 2.45) is 0 Å². The van der Waals surface area contributed by atoms with Crippen LogP contribution < -0.4 is 10.6 Å². The predicted molar refractivity (Wildman–Crippen MR) is 73.2 cm³/mol. The summed E-state index contributed by atoms with van der Waals surface area (Å²) >= 11 is 11.6. The topological polar surface area (TPSA) is 95.5 Å². The molecular formula is C12H10Cl2N2O4. The lowest BCUT2D eigenvalue weighted by Crippen LogP contribution is -2.37. The molecule has 1 aliphatic rings. The zero-order valence-electron chi connectivity index (χ0n) is 10.1. The number of hydrogen-bond acceptors (Lipinski definition) is 3. The van der Waals surface area contributed by atoms with Crippen LogP contribution in [0.15, 0.2) is 12.1 Å². The molecule has 1 fully saturated rings. The molecule has 3 N–H and O–H groups in total.